The van der Waals surface area contributed by atoms with Crippen molar-refractivity contribution in [3.05, 3.63) is 53.6 Å². The van der Waals surface area contributed by atoms with Gasteiger partial charge in [0.2, 0.25) is 5.91 Å². The first-order valence-electron chi connectivity index (χ1n) is 7.48. The highest BCUT2D eigenvalue weighted by Crippen LogP contribution is 2.34. The number of nitrogens with zero attached hydrogens (tertiary/aromatic N) is 3. The zero-order valence-corrected chi connectivity index (χ0v) is 12.6. The molecule has 1 aliphatic rings. The van der Waals surface area contributed by atoms with Crippen molar-refractivity contribution in [3.8, 4) is 0 Å². The van der Waals surface area contributed by atoms with Gasteiger partial charge in [0.05, 0.1) is 12.6 Å². The van der Waals surface area contributed by atoms with Crippen molar-refractivity contribution in [2.24, 2.45) is 7.05 Å². The Bertz CT molecular complexity index is 647. The number of rotatable bonds is 3. The highest BCUT2D eigenvalue weighted by Gasteiger charge is 2.28. The van der Waals surface area contributed by atoms with E-state index in [0.717, 1.165) is 25.1 Å². The van der Waals surface area contributed by atoms with Gasteiger partial charge in [-0.25, -0.2) is 4.98 Å². The van der Waals surface area contributed by atoms with Crippen LogP contribution < -0.4 is 0 Å². The quantitative estimate of drug-likeness (QED) is 0.868. The minimum Gasteiger partial charge on any atom is -0.337 e. The highest BCUT2D eigenvalue weighted by molar-refractivity contribution is 5.74. The number of imidazole rings is 1. The molecule has 3 rings (SSSR count). The van der Waals surface area contributed by atoms with Crippen LogP contribution in [0.1, 0.15) is 42.8 Å². The number of carbonyl (C=O) groups is 1. The Hall–Kier alpha value is -2.10. The molecule has 1 aromatic carbocycles. The molecule has 0 N–H and O–H groups in total. The van der Waals surface area contributed by atoms with Crippen molar-refractivity contribution < 1.29 is 4.79 Å². The van der Waals surface area contributed by atoms with Gasteiger partial charge in [0.25, 0.3) is 0 Å². The molecule has 0 aliphatic heterocycles. The second kappa shape index (κ2) is 5.72. The molecule has 0 saturated carbocycles. The molecule has 0 radical (unpaired) electrons. The van der Waals surface area contributed by atoms with Crippen LogP contribution in [0, 0.1) is 0 Å². The van der Waals surface area contributed by atoms with E-state index in [1.165, 1.54) is 11.1 Å². The first-order valence-corrected chi connectivity index (χ1v) is 7.48. The molecule has 1 aromatic heterocycles. The van der Waals surface area contributed by atoms with E-state index >= 15 is 0 Å². The average molecular weight is 283 g/mol. The van der Waals surface area contributed by atoms with Crippen LogP contribution in [0.3, 0.4) is 0 Å². The summed E-state index contributed by atoms with van der Waals surface area (Å²) in [6.45, 7) is 2.22. The summed E-state index contributed by atoms with van der Waals surface area (Å²) in [6.07, 6.45) is 6.97. The molecule has 1 amide bonds. The van der Waals surface area contributed by atoms with E-state index < -0.39 is 0 Å². The van der Waals surface area contributed by atoms with Gasteiger partial charge in [-0.15, -0.1) is 0 Å². The van der Waals surface area contributed by atoms with Gasteiger partial charge >= 0.3 is 0 Å². The Morgan fingerprint density at radius 3 is 2.95 bits per heavy atom. The number of aryl methyl sites for hydroxylation is 2. The second-order valence-corrected chi connectivity index (χ2v) is 5.71. The van der Waals surface area contributed by atoms with Crippen molar-refractivity contribution >= 4 is 5.91 Å². The Morgan fingerprint density at radius 2 is 2.24 bits per heavy atom. The molecule has 21 heavy (non-hydrogen) atoms. The van der Waals surface area contributed by atoms with Gasteiger partial charge in [0.15, 0.2) is 0 Å². The maximum Gasteiger partial charge on any atom is 0.220 e. The number of fused-ring (bicyclic) bond motifs is 1. The molecule has 0 unspecified atom stereocenters. The van der Waals surface area contributed by atoms with Gasteiger partial charge in [0, 0.05) is 26.4 Å². The molecule has 4 nitrogen and oxygen atoms in total. The fourth-order valence-electron chi connectivity index (χ4n) is 3.19. The fourth-order valence-corrected chi connectivity index (χ4v) is 3.19. The van der Waals surface area contributed by atoms with Crippen LogP contribution in [-0.4, -0.2) is 20.4 Å². The van der Waals surface area contributed by atoms with Crippen LogP contribution >= 0.6 is 0 Å². The lowest BCUT2D eigenvalue weighted by Crippen LogP contribution is -2.35. The third-order valence-corrected chi connectivity index (χ3v) is 4.35. The molecule has 2 aromatic rings. The van der Waals surface area contributed by atoms with E-state index in [1.807, 2.05) is 22.7 Å². The topological polar surface area (TPSA) is 38.1 Å². The number of hydrogen-bond donors (Lipinski definition) is 0. The van der Waals surface area contributed by atoms with Crippen molar-refractivity contribution in [2.75, 3.05) is 0 Å². The van der Waals surface area contributed by atoms with Gasteiger partial charge in [-0.3, -0.25) is 4.79 Å². The summed E-state index contributed by atoms with van der Waals surface area (Å²) in [5, 5.41) is 0. The van der Waals surface area contributed by atoms with E-state index in [1.54, 1.807) is 13.1 Å². The molecule has 0 bridgehead atoms. The maximum atomic E-state index is 12.2. The number of benzene rings is 1. The lowest BCUT2D eigenvalue weighted by molar-refractivity contribution is -0.132. The lowest BCUT2D eigenvalue weighted by Gasteiger charge is -2.35. The Balaban J connectivity index is 1.92. The van der Waals surface area contributed by atoms with Crippen LogP contribution in [0.5, 0.6) is 0 Å². The molecule has 1 atom stereocenters. The molecule has 110 valence electrons. The molecule has 0 fully saturated rings. The minimum atomic E-state index is 0.111. The summed E-state index contributed by atoms with van der Waals surface area (Å²) in [5.74, 6) is 1.04. The Kier molecular flexibility index (Phi) is 3.78. The number of aromatic nitrogens is 2. The highest BCUT2D eigenvalue weighted by atomic mass is 16.2. The van der Waals surface area contributed by atoms with Crippen molar-refractivity contribution in [1.82, 2.24) is 14.5 Å². The standard InChI is InChI=1S/C17H21N3O/c1-13(21)20(12-17-18-10-11-19(17)2)16-9-5-7-14-6-3-4-8-15(14)16/h3-4,6,8,10-11,16H,5,7,9,12H2,1-2H3/t16-/m0/s1. The lowest BCUT2D eigenvalue weighted by atomic mass is 9.86. The number of amides is 1. The summed E-state index contributed by atoms with van der Waals surface area (Å²) >= 11 is 0. The number of carbonyl (C=O) groups excluding carboxylic acids is 1. The smallest absolute Gasteiger partial charge is 0.220 e. The van der Waals surface area contributed by atoms with Crippen LogP contribution in [0.2, 0.25) is 0 Å². The molecule has 1 aliphatic carbocycles. The Labute approximate surface area is 125 Å². The van der Waals surface area contributed by atoms with E-state index in [9.17, 15) is 4.79 Å². The first kappa shape index (κ1) is 13.9. The van der Waals surface area contributed by atoms with E-state index in [-0.39, 0.29) is 11.9 Å². The molecular formula is C17H21N3O. The first-order chi connectivity index (χ1) is 10.2. The number of hydrogen-bond acceptors (Lipinski definition) is 2. The largest absolute Gasteiger partial charge is 0.337 e. The monoisotopic (exact) mass is 283 g/mol. The van der Waals surface area contributed by atoms with Gasteiger partial charge in [-0.1, -0.05) is 24.3 Å². The maximum absolute atomic E-state index is 12.2. The summed E-state index contributed by atoms with van der Waals surface area (Å²) in [5.41, 5.74) is 2.67. The third-order valence-electron chi connectivity index (χ3n) is 4.35. The van der Waals surface area contributed by atoms with E-state index in [2.05, 4.69) is 29.2 Å². The van der Waals surface area contributed by atoms with Gasteiger partial charge in [0.1, 0.15) is 5.82 Å². The molecular weight excluding hydrogens is 262 g/mol. The SMILES string of the molecule is CC(=O)N(Cc1nccn1C)[C@H]1CCCc2ccccc21. The summed E-state index contributed by atoms with van der Waals surface area (Å²) in [6, 6.07) is 8.66. The normalized spacial score (nSPS) is 17.3. The molecule has 0 spiro atoms. The molecule has 4 heteroatoms. The Morgan fingerprint density at radius 1 is 1.43 bits per heavy atom. The summed E-state index contributed by atoms with van der Waals surface area (Å²) in [4.78, 5) is 18.5. The zero-order chi connectivity index (χ0) is 14.8. The van der Waals surface area contributed by atoms with Gasteiger partial charge in [-0.2, -0.15) is 0 Å². The fraction of sp³-hybridized carbons (Fsp3) is 0.412. The van der Waals surface area contributed by atoms with E-state index in [4.69, 9.17) is 0 Å². The molecule has 1 heterocycles. The van der Waals surface area contributed by atoms with Crippen molar-refractivity contribution in [2.45, 2.75) is 38.8 Å². The van der Waals surface area contributed by atoms with Crippen LogP contribution in [0.25, 0.3) is 0 Å². The summed E-state index contributed by atoms with van der Waals surface area (Å²) in [7, 11) is 1.97. The predicted molar refractivity (Wildman–Crippen MR) is 81.6 cm³/mol. The zero-order valence-electron chi connectivity index (χ0n) is 12.6. The van der Waals surface area contributed by atoms with Gasteiger partial charge in [-0.05, 0) is 30.4 Å². The van der Waals surface area contributed by atoms with Gasteiger partial charge < -0.3 is 9.47 Å². The third kappa shape index (κ3) is 2.71. The summed E-state index contributed by atoms with van der Waals surface area (Å²) < 4.78 is 1.98. The molecule has 0 saturated heterocycles. The van der Waals surface area contributed by atoms with Crippen LogP contribution in [-0.2, 0) is 24.8 Å². The van der Waals surface area contributed by atoms with Crippen molar-refractivity contribution in [3.63, 3.8) is 0 Å². The minimum absolute atomic E-state index is 0.111. The van der Waals surface area contributed by atoms with Crippen LogP contribution in [0.15, 0.2) is 36.7 Å². The second-order valence-electron chi connectivity index (χ2n) is 5.71. The van der Waals surface area contributed by atoms with E-state index in [0.29, 0.717) is 6.54 Å². The average Bonchev–Trinajstić information content (AvgIpc) is 2.89. The van der Waals surface area contributed by atoms with Crippen LogP contribution in [0.4, 0.5) is 0 Å². The predicted octanol–water partition coefficient (Wildman–Crippen LogP) is 2.85. The van der Waals surface area contributed by atoms with Crippen molar-refractivity contribution in [1.29, 1.82) is 0 Å².